The number of carboxylic acids is 2. The quantitative estimate of drug-likeness (QED) is 0.116. The van der Waals surface area contributed by atoms with Crippen LogP contribution in [0.1, 0.15) is 63.6 Å². The lowest BCUT2D eigenvalue weighted by Crippen LogP contribution is -2.24. The predicted octanol–water partition coefficient (Wildman–Crippen LogP) is 7.47. The summed E-state index contributed by atoms with van der Waals surface area (Å²) in [5.41, 5.74) is 1.36. The topological polar surface area (TPSA) is 139 Å². The van der Waals surface area contributed by atoms with Crippen molar-refractivity contribution in [3.05, 3.63) is 113 Å². The van der Waals surface area contributed by atoms with Crippen LogP contribution in [0, 0.1) is 5.92 Å². The van der Waals surface area contributed by atoms with Gasteiger partial charge in [-0.2, -0.15) is 0 Å². The monoisotopic (exact) mass is 609 g/mol. The summed E-state index contributed by atoms with van der Waals surface area (Å²) in [6.45, 7) is 5.56. The lowest BCUT2D eigenvalue weighted by atomic mass is 9.85. The number of aromatic hydroxyl groups is 3. The Balaban J connectivity index is 0.000000245. The van der Waals surface area contributed by atoms with Crippen LogP contribution in [0.3, 0.4) is 0 Å². The Kier molecular flexibility index (Phi) is 10.3. The fraction of sp³-hybridized carbons (Fsp3) is 0.243. The second-order valence-corrected chi connectivity index (χ2v) is 11.6. The summed E-state index contributed by atoms with van der Waals surface area (Å²) in [5.74, 6) is -1.86. The van der Waals surface area contributed by atoms with Crippen molar-refractivity contribution in [2.24, 2.45) is 5.92 Å². The molecule has 0 spiro atoms. The Morgan fingerprint density at radius 2 is 1.20 bits per heavy atom. The first-order valence-corrected chi connectivity index (χ1v) is 14.8. The third-order valence-electron chi connectivity index (χ3n) is 8.15. The van der Waals surface area contributed by atoms with Crippen LogP contribution in [0.15, 0.2) is 84.9 Å². The number of phenols is 3. The normalized spacial score (nSPS) is 12.5. The van der Waals surface area contributed by atoms with Gasteiger partial charge in [-0.25, -0.2) is 9.59 Å². The zero-order valence-electron chi connectivity index (χ0n) is 25.9. The number of carboxylic acid groups (broad SMARTS) is 2. The van der Waals surface area contributed by atoms with E-state index in [2.05, 4.69) is 38.9 Å². The first-order valence-electron chi connectivity index (χ1n) is 14.8. The zero-order chi connectivity index (χ0) is 32.8. The molecule has 45 heavy (non-hydrogen) atoms. The minimum Gasteiger partial charge on any atom is -0.508 e. The minimum atomic E-state index is -1.28. The molecule has 0 bridgehead atoms. The molecule has 0 unspecified atom stereocenters. The highest BCUT2D eigenvalue weighted by Gasteiger charge is 2.23. The maximum absolute atomic E-state index is 11.6. The van der Waals surface area contributed by atoms with E-state index in [9.17, 15) is 35.1 Å². The third kappa shape index (κ3) is 7.36. The van der Waals surface area contributed by atoms with Gasteiger partial charge in [-0.3, -0.25) is 0 Å². The van der Waals surface area contributed by atoms with Crippen molar-refractivity contribution < 1.29 is 35.1 Å². The summed E-state index contributed by atoms with van der Waals surface area (Å²) < 4.78 is 0. The summed E-state index contributed by atoms with van der Waals surface area (Å²) in [6.07, 6.45) is 1.07. The van der Waals surface area contributed by atoms with Crippen LogP contribution >= 0.6 is 0 Å². The van der Waals surface area contributed by atoms with Crippen LogP contribution < -0.4 is 0 Å². The first kappa shape index (κ1) is 32.8. The van der Waals surface area contributed by atoms with Gasteiger partial charge in [0.2, 0.25) is 0 Å². The highest BCUT2D eigenvalue weighted by atomic mass is 16.4. The van der Waals surface area contributed by atoms with Gasteiger partial charge in [0.15, 0.2) is 0 Å². The van der Waals surface area contributed by atoms with Crippen LogP contribution in [0.25, 0.3) is 21.5 Å². The van der Waals surface area contributed by atoms with Gasteiger partial charge < -0.3 is 30.4 Å². The van der Waals surface area contributed by atoms with Crippen LogP contribution in [0.2, 0.25) is 0 Å². The minimum absolute atomic E-state index is 0.0407. The standard InChI is InChI=1S/C23H16O6.C14H23NO/c24-20-16(14-7-3-1-5-12(14)9-18(20)22(26)27)11-17-15-8-4-2-6-13(15)10-19(21(17)25)23(28)29;1-5-14(11(2)10-15(3)4)12-7-6-8-13(16)9-12/h1-10,24-25H,11H2,(H,26,27)(H,28,29);6-9,11,14,16H,5,10H2,1-4H3/t;11-,14+/m.0/s1. The zero-order valence-corrected chi connectivity index (χ0v) is 25.9. The molecule has 8 heteroatoms. The number of rotatable bonds is 9. The van der Waals surface area contributed by atoms with E-state index in [1.54, 1.807) is 54.6 Å². The van der Waals surface area contributed by atoms with E-state index in [0.717, 1.165) is 13.0 Å². The lowest BCUT2D eigenvalue weighted by Gasteiger charge is -2.26. The van der Waals surface area contributed by atoms with E-state index in [-0.39, 0.29) is 17.5 Å². The van der Waals surface area contributed by atoms with Crippen LogP contribution in [-0.4, -0.2) is 63.0 Å². The molecule has 0 saturated carbocycles. The fourth-order valence-corrected chi connectivity index (χ4v) is 6.11. The number of hydrogen-bond acceptors (Lipinski definition) is 6. The smallest absolute Gasteiger partial charge is 0.339 e. The van der Waals surface area contributed by atoms with Crippen molar-refractivity contribution in [2.45, 2.75) is 32.6 Å². The highest BCUT2D eigenvalue weighted by molar-refractivity contribution is 6.02. The number of carbonyl (C=O) groups is 2. The molecule has 5 aromatic rings. The van der Waals surface area contributed by atoms with Gasteiger partial charge in [-0.05, 0) is 83.7 Å². The van der Waals surface area contributed by atoms with Gasteiger partial charge in [0.05, 0.1) is 0 Å². The van der Waals surface area contributed by atoms with E-state index >= 15 is 0 Å². The molecular weight excluding hydrogens is 570 g/mol. The Bertz CT molecular complexity index is 1750. The first-order chi connectivity index (χ1) is 21.4. The largest absolute Gasteiger partial charge is 0.508 e. The van der Waals surface area contributed by atoms with Gasteiger partial charge in [-0.1, -0.05) is 74.5 Å². The number of phenolic OH excluding ortho intramolecular Hbond substituents is 1. The van der Waals surface area contributed by atoms with Gasteiger partial charge in [-0.15, -0.1) is 0 Å². The van der Waals surface area contributed by atoms with Crippen molar-refractivity contribution in [3.63, 3.8) is 0 Å². The average Bonchev–Trinajstić information content (AvgIpc) is 2.99. The van der Waals surface area contributed by atoms with Crippen molar-refractivity contribution in [3.8, 4) is 17.2 Å². The van der Waals surface area contributed by atoms with E-state index in [1.807, 2.05) is 12.1 Å². The molecule has 5 aromatic carbocycles. The van der Waals surface area contributed by atoms with Gasteiger partial charge >= 0.3 is 11.9 Å². The van der Waals surface area contributed by atoms with Crippen LogP contribution in [0.4, 0.5) is 0 Å². The molecule has 0 heterocycles. The Hall–Kier alpha value is -5.08. The molecular formula is C37H39NO7. The van der Waals surface area contributed by atoms with Crippen LogP contribution in [-0.2, 0) is 6.42 Å². The second-order valence-electron chi connectivity index (χ2n) is 11.6. The van der Waals surface area contributed by atoms with Crippen LogP contribution in [0.5, 0.6) is 17.2 Å². The van der Waals surface area contributed by atoms with E-state index < -0.39 is 23.4 Å². The highest BCUT2D eigenvalue weighted by Crippen LogP contribution is 2.39. The maximum atomic E-state index is 11.6. The fourth-order valence-electron chi connectivity index (χ4n) is 6.11. The predicted molar refractivity (Wildman–Crippen MR) is 177 cm³/mol. The molecule has 0 aliphatic rings. The Morgan fingerprint density at radius 1 is 0.711 bits per heavy atom. The summed E-state index contributed by atoms with van der Waals surface area (Å²) >= 11 is 0. The molecule has 5 N–H and O–H groups in total. The van der Waals surface area contributed by atoms with E-state index in [1.165, 1.54) is 17.7 Å². The number of benzene rings is 5. The average molecular weight is 610 g/mol. The van der Waals surface area contributed by atoms with Crippen molar-refractivity contribution >= 4 is 33.5 Å². The SMILES string of the molecule is CC[C@@H](c1cccc(O)c1)[C@@H](C)CN(C)C.O=C(O)c1cc2ccccc2c(Cc2c(O)c(C(=O)O)cc3ccccc23)c1O. The van der Waals surface area contributed by atoms with Gasteiger partial charge in [0, 0.05) is 24.1 Å². The molecule has 0 aliphatic carbocycles. The molecule has 0 radical (unpaired) electrons. The lowest BCUT2D eigenvalue weighted by molar-refractivity contribution is 0.0682. The molecule has 234 valence electrons. The Morgan fingerprint density at radius 3 is 1.62 bits per heavy atom. The van der Waals surface area contributed by atoms with Gasteiger partial charge in [0.1, 0.15) is 28.4 Å². The van der Waals surface area contributed by atoms with Crippen molar-refractivity contribution in [2.75, 3.05) is 20.6 Å². The Labute approximate surface area is 262 Å². The second kappa shape index (κ2) is 14.1. The third-order valence-corrected chi connectivity index (χ3v) is 8.15. The molecule has 0 aromatic heterocycles. The summed E-state index contributed by atoms with van der Waals surface area (Å²) in [5, 5.41) is 52.3. The number of hydrogen-bond donors (Lipinski definition) is 5. The van der Waals surface area contributed by atoms with Crippen molar-refractivity contribution in [1.82, 2.24) is 4.90 Å². The summed E-state index contributed by atoms with van der Waals surface area (Å²) in [4.78, 5) is 25.4. The summed E-state index contributed by atoms with van der Waals surface area (Å²) in [6, 6.07) is 24.4. The molecule has 0 amide bonds. The molecule has 0 aliphatic heterocycles. The molecule has 8 nitrogen and oxygen atoms in total. The van der Waals surface area contributed by atoms with E-state index in [0.29, 0.717) is 50.3 Å². The molecule has 2 atom stereocenters. The van der Waals surface area contributed by atoms with Gasteiger partial charge in [0.25, 0.3) is 0 Å². The summed E-state index contributed by atoms with van der Waals surface area (Å²) in [7, 11) is 4.21. The van der Waals surface area contributed by atoms with Crippen molar-refractivity contribution in [1.29, 1.82) is 0 Å². The van der Waals surface area contributed by atoms with E-state index in [4.69, 9.17) is 0 Å². The molecule has 0 saturated heterocycles. The number of nitrogens with zero attached hydrogens (tertiary/aromatic N) is 1. The number of aromatic carboxylic acids is 2. The maximum Gasteiger partial charge on any atom is 0.339 e. The molecule has 5 rings (SSSR count). The molecule has 0 fully saturated rings. The number of fused-ring (bicyclic) bond motifs is 2.